The Balaban J connectivity index is 3.70. The summed E-state index contributed by atoms with van der Waals surface area (Å²) in [6, 6.07) is 0. The van der Waals surface area contributed by atoms with Crippen molar-refractivity contribution in [3.63, 3.8) is 0 Å². The number of aliphatic hydroxyl groups excluding tert-OH is 2. The van der Waals surface area contributed by atoms with Gasteiger partial charge in [0.05, 0.1) is 12.2 Å². The molecule has 2 heteroatoms. The van der Waals surface area contributed by atoms with Crippen molar-refractivity contribution in [1.29, 1.82) is 0 Å². The summed E-state index contributed by atoms with van der Waals surface area (Å²) in [5.74, 6) is 0. The van der Waals surface area contributed by atoms with Crippen LogP contribution >= 0.6 is 0 Å². The molecule has 0 saturated carbocycles. The van der Waals surface area contributed by atoms with Crippen molar-refractivity contribution in [1.82, 2.24) is 0 Å². The van der Waals surface area contributed by atoms with Gasteiger partial charge < -0.3 is 10.2 Å². The summed E-state index contributed by atoms with van der Waals surface area (Å²) in [4.78, 5) is 0. The minimum Gasteiger partial charge on any atom is -0.393 e. The third kappa shape index (κ3) is 10.8. The molecular formula is C13H20O2. The van der Waals surface area contributed by atoms with Crippen LogP contribution in [-0.4, -0.2) is 22.4 Å². The number of rotatable bonds is 7. The van der Waals surface area contributed by atoms with Gasteiger partial charge in [0.15, 0.2) is 0 Å². The Kier molecular flexibility index (Phi) is 8.73. The molecule has 2 nitrogen and oxygen atoms in total. The van der Waals surface area contributed by atoms with Gasteiger partial charge in [-0.05, 0) is 19.8 Å². The number of allylic oxidation sites excluding steroid dienone is 4. The molecule has 0 bridgehead atoms. The van der Waals surface area contributed by atoms with Gasteiger partial charge in [-0.15, -0.1) is 0 Å². The van der Waals surface area contributed by atoms with Crippen molar-refractivity contribution in [2.24, 2.45) is 0 Å². The Morgan fingerprint density at radius 2 is 1.73 bits per heavy atom. The van der Waals surface area contributed by atoms with Gasteiger partial charge in [0, 0.05) is 0 Å². The predicted octanol–water partition coefficient (Wildman–Crippen LogP) is 2.36. The van der Waals surface area contributed by atoms with Crippen LogP contribution in [0, 0.1) is 0 Å². The van der Waals surface area contributed by atoms with Crippen molar-refractivity contribution in [3.05, 3.63) is 49.1 Å². The average Bonchev–Trinajstić information content (AvgIpc) is 2.17. The molecule has 15 heavy (non-hydrogen) atoms. The van der Waals surface area contributed by atoms with Crippen molar-refractivity contribution < 1.29 is 10.2 Å². The molecule has 0 aromatic rings. The highest BCUT2D eigenvalue weighted by molar-refractivity contribution is 5.07. The topological polar surface area (TPSA) is 40.5 Å². The molecule has 0 heterocycles. The highest BCUT2D eigenvalue weighted by Crippen LogP contribution is 1.97. The van der Waals surface area contributed by atoms with E-state index in [0.717, 1.165) is 0 Å². The van der Waals surface area contributed by atoms with Crippen molar-refractivity contribution in [2.75, 3.05) is 0 Å². The second kappa shape index (κ2) is 9.44. The summed E-state index contributed by atoms with van der Waals surface area (Å²) in [6.45, 7) is 5.28. The summed E-state index contributed by atoms with van der Waals surface area (Å²) in [7, 11) is 0. The first kappa shape index (κ1) is 13.9. The highest BCUT2D eigenvalue weighted by atomic mass is 16.3. The van der Waals surface area contributed by atoms with Gasteiger partial charge >= 0.3 is 0 Å². The standard InChI is InChI=1S/C13H20O2/c1-3-4-6-10-13(15)11-8-5-7-9-12(2)14/h3-8,11-15H,1,9-10H2,2H3/b6-4+,7-5+,11-8+. The summed E-state index contributed by atoms with van der Waals surface area (Å²) < 4.78 is 0. The lowest BCUT2D eigenvalue weighted by atomic mass is 10.2. The minimum atomic E-state index is -0.461. The Labute approximate surface area is 91.9 Å². The van der Waals surface area contributed by atoms with E-state index in [2.05, 4.69) is 6.58 Å². The van der Waals surface area contributed by atoms with Crippen LogP contribution in [0.2, 0.25) is 0 Å². The fourth-order valence-electron chi connectivity index (χ4n) is 0.939. The van der Waals surface area contributed by atoms with E-state index >= 15 is 0 Å². The van der Waals surface area contributed by atoms with E-state index in [-0.39, 0.29) is 6.10 Å². The molecular weight excluding hydrogens is 188 g/mol. The number of hydrogen-bond acceptors (Lipinski definition) is 2. The molecule has 0 aliphatic heterocycles. The number of aliphatic hydroxyl groups is 2. The van der Waals surface area contributed by atoms with Crippen molar-refractivity contribution >= 4 is 0 Å². The first-order chi connectivity index (χ1) is 7.16. The van der Waals surface area contributed by atoms with Gasteiger partial charge in [0.1, 0.15) is 0 Å². The number of hydrogen-bond donors (Lipinski definition) is 2. The summed E-state index contributed by atoms with van der Waals surface area (Å²) in [6.07, 6.45) is 13.0. The summed E-state index contributed by atoms with van der Waals surface area (Å²) >= 11 is 0. The van der Waals surface area contributed by atoms with Crippen LogP contribution in [0.25, 0.3) is 0 Å². The molecule has 0 aliphatic rings. The largest absolute Gasteiger partial charge is 0.393 e. The average molecular weight is 208 g/mol. The van der Waals surface area contributed by atoms with E-state index in [9.17, 15) is 5.11 Å². The van der Waals surface area contributed by atoms with E-state index in [1.807, 2.05) is 18.2 Å². The zero-order chi connectivity index (χ0) is 11.5. The molecule has 0 amide bonds. The third-order valence-corrected chi connectivity index (χ3v) is 1.71. The fraction of sp³-hybridized carbons (Fsp3) is 0.385. The quantitative estimate of drug-likeness (QED) is 0.630. The lowest BCUT2D eigenvalue weighted by Crippen LogP contribution is -1.98. The van der Waals surface area contributed by atoms with Gasteiger partial charge in [0.2, 0.25) is 0 Å². The molecule has 84 valence electrons. The van der Waals surface area contributed by atoms with Gasteiger partial charge in [-0.1, -0.05) is 49.1 Å². The zero-order valence-electron chi connectivity index (χ0n) is 9.21. The monoisotopic (exact) mass is 208 g/mol. The third-order valence-electron chi connectivity index (χ3n) is 1.71. The van der Waals surface area contributed by atoms with Crippen LogP contribution in [-0.2, 0) is 0 Å². The lowest BCUT2D eigenvalue weighted by molar-refractivity contribution is 0.198. The second-order valence-electron chi connectivity index (χ2n) is 3.36. The molecule has 0 spiro atoms. The fourth-order valence-corrected chi connectivity index (χ4v) is 0.939. The summed E-state index contributed by atoms with van der Waals surface area (Å²) in [5, 5.41) is 18.4. The van der Waals surface area contributed by atoms with Crippen LogP contribution in [0.15, 0.2) is 49.1 Å². The first-order valence-electron chi connectivity index (χ1n) is 5.13. The molecule has 0 rings (SSSR count). The molecule has 0 radical (unpaired) electrons. The molecule has 2 atom stereocenters. The highest BCUT2D eigenvalue weighted by Gasteiger charge is 1.92. The SMILES string of the molecule is C=C/C=C/CC(O)/C=C/C=C/CC(C)O. The van der Waals surface area contributed by atoms with Gasteiger partial charge in [-0.2, -0.15) is 0 Å². The molecule has 2 unspecified atom stereocenters. The maximum Gasteiger partial charge on any atom is 0.0758 e. The zero-order valence-corrected chi connectivity index (χ0v) is 9.21. The molecule has 2 N–H and O–H groups in total. The van der Waals surface area contributed by atoms with Crippen molar-refractivity contribution in [2.45, 2.75) is 32.0 Å². The molecule has 0 fully saturated rings. The molecule has 0 aromatic heterocycles. The van der Waals surface area contributed by atoms with E-state index in [4.69, 9.17) is 5.11 Å². The first-order valence-corrected chi connectivity index (χ1v) is 5.13. The van der Waals surface area contributed by atoms with Gasteiger partial charge in [-0.3, -0.25) is 0 Å². The van der Waals surface area contributed by atoms with E-state index in [1.54, 1.807) is 31.2 Å². The maximum absolute atomic E-state index is 9.43. The minimum absolute atomic E-state index is 0.310. The lowest BCUT2D eigenvalue weighted by Gasteiger charge is -1.98. The normalized spacial score (nSPS) is 16.5. The second-order valence-corrected chi connectivity index (χ2v) is 3.36. The Morgan fingerprint density at radius 3 is 2.33 bits per heavy atom. The molecule has 0 aliphatic carbocycles. The summed E-state index contributed by atoms with van der Waals surface area (Å²) in [5.41, 5.74) is 0. The van der Waals surface area contributed by atoms with E-state index in [0.29, 0.717) is 12.8 Å². The van der Waals surface area contributed by atoms with Gasteiger partial charge in [0.25, 0.3) is 0 Å². The Hall–Kier alpha value is -1.12. The Morgan fingerprint density at radius 1 is 1.07 bits per heavy atom. The molecule has 0 saturated heterocycles. The smallest absolute Gasteiger partial charge is 0.0758 e. The van der Waals surface area contributed by atoms with Crippen LogP contribution in [0.4, 0.5) is 0 Å². The predicted molar refractivity (Wildman–Crippen MR) is 64.5 cm³/mol. The Bertz CT molecular complexity index is 237. The van der Waals surface area contributed by atoms with Crippen LogP contribution in [0.1, 0.15) is 19.8 Å². The van der Waals surface area contributed by atoms with E-state index in [1.165, 1.54) is 0 Å². The van der Waals surface area contributed by atoms with Crippen LogP contribution in [0.3, 0.4) is 0 Å². The van der Waals surface area contributed by atoms with Crippen molar-refractivity contribution in [3.8, 4) is 0 Å². The maximum atomic E-state index is 9.43. The van der Waals surface area contributed by atoms with Crippen LogP contribution in [0.5, 0.6) is 0 Å². The molecule has 0 aromatic carbocycles. The van der Waals surface area contributed by atoms with E-state index < -0.39 is 6.10 Å². The van der Waals surface area contributed by atoms with Crippen LogP contribution < -0.4 is 0 Å². The van der Waals surface area contributed by atoms with Gasteiger partial charge in [-0.25, -0.2) is 0 Å².